The third-order valence-electron chi connectivity index (χ3n) is 7.40. The van der Waals surface area contributed by atoms with E-state index in [9.17, 15) is 9.59 Å². The highest BCUT2D eigenvalue weighted by molar-refractivity contribution is 6.00. The Bertz CT molecular complexity index is 1170. The maximum Gasteiger partial charge on any atom is 0.321 e. The van der Waals surface area contributed by atoms with Gasteiger partial charge in [-0.05, 0) is 74.3 Å². The Balaban J connectivity index is 1.24. The molecule has 0 unspecified atom stereocenters. The molecule has 5 rings (SSSR count). The number of nitrogens with zero attached hydrogens (tertiary/aromatic N) is 4. The second-order valence-electron chi connectivity index (χ2n) is 9.88. The van der Waals surface area contributed by atoms with E-state index in [2.05, 4.69) is 29.5 Å². The maximum absolute atomic E-state index is 13.2. The van der Waals surface area contributed by atoms with Gasteiger partial charge >= 0.3 is 6.03 Å². The first-order valence-electron chi connectivity index (χ1n) is 12.4. The van der Waals surface area contributed by atoms with Crippen LogP contribution in [0.15, 0.2) is 48.8 Å². The predicted molar refractivity (Wildman–Crippen MR) is 133 cm³/mol. The third-order valence-corrected chi connectivity index (χ3v) is 7.40. The Labute approximate surface area is 200 Å². The van der Waals surface area contributed by atoms with Gasteiger partial charge in [-0.1, -0.05) is 24.6 Å². The Hall–Kier alpha value is -3.35. The minimum absolute atomic E-state index is 0.0442. The first-order chi connectivity index (χ1) is 16.5. The highest BCUT2D eigenvalue weighted by Crippen LogP contribution is 2.30. The van der Waals surface area contributed by atoms with E-state index in [1.165, 1.54) is 11.1 Å². The fourth-order valence-electron chi connectivity index (χ4n) is 5.05. The summed E-state index contributed by atoms with van der Waals surface area (Å²) in [5, 5.41) is 7.43. The highest BCUT2D eigenvalue weighted by Gasteiger charge is 2.26. The molecule has 7 heteroatoms. The van der Waals surface area contributed by atoms with Crippen molar-refractivity contribution in [3.05, 3.63) is 65.5 Å². The Morgan fingerprint density at radius 3 is 2.32 bits per heavy atom. The van der Waals surface area contributed by atoms with Crippen LogP contribution in [0.25, 0.3) is 5.52 Å². The standard InChI is InChI=1S/C27H33N5O2/c1-19-3-5-23(6-4-19)29-27(34)31-14-9-21(10-15-31)22-11-16-32-25(17-22)24(18-28-32)26(33)30-12-7-20(2)8-13-30/h3-6,11,16-18,20-21H,7-10,12-15H2,1-2H3,(H,29,34). The molecule has 0 aliphatic carbocycles. The van der Waals surface area contributed by atoms with E-state index in [0.717, 1.165) is 50.0 Å². The van der Waals surface area contributed by atoms with Crippen LogP contribution in [0, 0.1) is 12.8 Å². The number of nitrogens with one attached hydrogen (secondary N) is 1. The molecule has 0 radical (unpaired) electrons. The van der Waals surface area contributed by atoms with E-state index in [0.29, 0.717) is 30.5 Å². The van der Waals surface area contributed by atoms with Gasteiger partial charge in [0.2, 0.25) is 0 Å². The Kier molecular flexibility index (Phi) is 6.26. The van der Waals surface area contributed by atoms with E-state index >= 15 is 0 Å². The third kappa shape index (κ3) is 4.65. The van der Waals surface area contributed by atoms with Gasteiger partial charge in [0, 0.05) is 38.1 Å². The number of carbonyl (C=O) groups is 2. The SMILES string of the molecule is Cc1ccc(NC(=O)N2CCC(c3ccn4ncc(C(=O)N5CCC(C)CC5)c4c3)CC2)cc1. The maximum atomic E-state index is 13.2. The molecule has 2 fully saturated rings. The van der Waals surface area contributed by atoms with Crippen molar-refractivity contribution >= 4 is 23.1 Å². The molecule has 4 heterocycles. The lowest BCUT2D eigenvalue weighted by molar-refractivity contribution is 0.0699. The van der Waals surface area contributed by atoms with Crippen molar-refractivity contribution < 1.29 is 9.59 Å². The number of hydrogen-bond donors (Lipinski definition) is 1. The fourth-order valence-corrected chi connectivity index (χ4v) is 5.05. The number of benzene rings is 1. The Morgan fingerprint density at radius 1 is 0.941 bits per heavy atom. The second-order valence-corrected chi connectivity index (χ2v) is 9.88. The summed E-state index contributed by atoms with van der Waals surface area (Å²) in [6, 6.07) is 12.0. The normalized spacial score (nSPS) is 17.8. The van der Waals surface area contributed by atoms with Crippen molar-refractivity contribution in [2.75, 3.05) is 31.5 Å². The highest BCUT2D eigenvalue weighted by atomic mass is 16.2. The number of hydrogen-bond acceptors (Lipinski definition) is 3. The molecule has 0 saturated carbocycles. The lowest BCUT2D eigenvalue weighted by Crippen LogP contribution is -2.40. The van der Waals surface area contributed by atoms with Crippen LogP contribution in [0.5, 0.6) is 0 Å². The molecule has 0 bridgehead atoms. The molecule has 178 valence electrons. The average Bonchev–Trinajstić information content (AvgIpc) is 3.29. The molecule has 3 amide bonds. The summed E-state index contributed by atoms with van der Waals surface area (Å²) in [6.45, 7) is 7.35. The van der Waals surface area contributed by atoms with Crippen LogP contribution in [-0.4, -0.2) is 57.5 Å². The summed E-state index contributed by atoms with van der Waals surface area (Å²) in [7, 11) is 0. The number of piperidine rings is 2. The van der Waals surface area contributed by atoms with E-state index in [1.54, 1.807) is 10.7 Å². The molecule has 0 spiro atoms. The quantitative estimate of drug-likeness (QED) is 0.604. The van der Waals surface area contributed by atoms with Gasteiger partial charge in [0.15, 0.2) is 0 Å². The number of rotatable bonds is 3. The first-order valence-corrected chi connectivity index (χ1v) is 12.4. The lowest BCUT2D eigenvalue weighted by Gasteiger charge is -2.32. The number of anilines is 1. The number of amides is 3. The molecule has 7 nitrogen and oxygen atoms in total. The van der Waals surface area contributed by atoms with E-state index in [4.69, 9.17) is 0 Å². The molecule has 1 aromatic carbocycles. The minimum Gasteiger partial charge on any atom is -0.339 e. The number of likely N-dealkylation sites (tertiary alicyclic amines) is 2. The van der Waals surface area contributed by atoms with Gasteiger partial charge in [0.1, 0.15) is 0 Å². The van der Waals surface area contributed by atoms with Gasteiger partial charge in [-0.25, -0.2) is 9.31 Å². The molecule has 1 N–H and O–H groups in total. The number of aryl methyl sites for hydroxylation is 1. The molecule has 2 saturated heterocycles. The molecular weight excluding hydrogens is 426 g/mol. The van der Waals surface area contributed by atoms with Gasteiger partial charge in [0.25, 0.3) is 5.91 Å². The van der Waals surface area contributed by atoms with Crippen LogP contribution in [0.4, 0.5) is 10.5 Å². The summed E-state index contributed by atoms with van der Waals surface area (Å²) in [5.74, 6) is 1.13. The van der Waals surface area contributed by atoms with Gasteiger partial charge in [0.05, 0.1) is 17.3 Å². The predicted octanol–water partition coefficient (Wildman–Crippen LogP) is 4.93. The van der Waals surface area contributed by atoms with Crippen molar-refractivity contribution in [2.45, 2.75) is 45.4 Å². The fraction of sp³-hybridized carbons (Fsp3) is 0.444. The van der Waals surface area contributed by atoms with Gasteiger partial charge in [-0.15, -0.1) is 0 Å². The van der Waals surface area contributed by atoms with Crippen molar-refractivity contribution in [3.63, 3.8) is 0 Å². The van der Waals surface area contributed by atoms with Crippen molar-refractivity contribution in [1.82, 2.24) is 19.4 Å². The van der Waals surface area contributed by atoms with E-state index < -0.39 is 0 Å². The molecule has 3 aromatic rings. The smallest absolute Gasteiger partial charge is 0.321 e. The zero-order valence-electron chi connectivity index (χ0n) is 20.0. The molecule has 2 aliphatic heterocycles. The van der Waals surface area contributed by atoms with Crippen molar-refractivity contribution in [1.29, 1.82) is 0 Å². The summed E-state index contributed by atoms with van der Waals surface area (Å²) < 4.78 is 1.80. The summed E-state index contributed by atoms with van der Waals surface area (Å²) in [4.78, 5) is 29.7. The number of urea groups is 1. The van der Waals surface area contributed by atoms with Gasteiger partial charge < -0.3 is 15.1 Å². The zero-order chi connectivity index (χ0) is 23.7. The number of carbonyl (C=O) groups excluding carboxylic acids is 2. The van der Waals surface area contributed by atoms with Crippen LogP contribution in [0.3, 0.4) is 0 Å². The topological polar surface area (TPSA) is 70.0 Å². The first kappa shape index (κ1) is 22.4. The molecule has 34 heavy (non-hydrogen) atoms. The second kappa shape index (κ2) is 9.49. The number of aromatic nitrogens is 2. The van der Waals surface area contributed by atoms with Gasteiger partial charge in [-0.3, -0.25) is 4.79 Å². The summed E-state index contributed by atoms with van der Waals surface area (Å²) >= 11 is 0. The summed E-state index contributed by atoms with van der Waals surface area (Å²) in [6.07, 6.45) is 7.59. The van der Waals surface area contributed by atoms with E-state index in [1.807, 2.05) is 47.2 Å². The van der Waals surface area contributed by atoms with Crippen LogP contribution < -0.4 is 5.32 Å². The van der Waals surface area contributed by atoms with Crippen LogP contribution in [0.2, 0.25) is 0 Å². The minimum atomic E-state index is -0.0442. The average molecular weight is 460 g/mol. The monoisotopic (exact) mass is 459 g/mol. The molecule has 0 atom stereocenters. The van der Waals surface area contributed by atoms with Gasteiger partial charge in [-0.2, -0.15) is 5.10 Å². The van der Waals surface area contributed by atoms with E-state index in [-0.39, 0.29) is 11.9 Å². The lowest BCUT2D eigenvalue weighted by atomic mass is 9.89. The van der Waals surface area contributed by atoms with Crippen LogP contribution in [-0.2, 0) is 0 Å². The number of pyridine rings is 1. The van der Waals surface area contributed by atoms with Crippen LogP contribution in [0.1, 0.15) is 60.0 Å². The zero-order valence-corrected chi connectivity index (χ0v) is 20.0. The Morgan fingerprint density at radius 2 is 1.62 bits per heavy atom. The summed E-state index contributed by atoms with van der Waals surface area (Å²) in [5.41, 5.74) is 4.77. The van der Waals surface area contributed by atoms with Crippen molar-refractivity contribution in [3.8, 4) is 0 Å². The number of fused-ring (bicyclic) bond motifs is 1. The molecule has 2 aromatic heterocycles. The van der Waals surface area contributed by atoms with Crippen LogP contribution >= 0.6 is 0 Å². The molecular formula is C27H33N5O2. The largest absolute Gasteiger partial charge is 0.339 e. The molecule has 2 aliphatic rings. The van der Waals surface area contributed by atoms with Crippen molar-refractivity contribution in [2.24, 2.45) is 5.92 Å².